The van der Waals surface area contributed by atoms with Gasteiger partial charge in [0.05, 0.1) is 17.3 Å². The molecule has 108 valence electrons. The lowest BCUT2D eigenvalue weighted by molar-refractivity contribution is -0.0913. The van der Waals surface area contributed by atoms with Crippen molar-refractivity contribution in [1.82, 2.24) is 4.90 Å². The number of aliphatic hydroxyl groups excluding tert-OH is 1. The summed E-state index contributed by atoms with van der Waals surface area (Å²) < 4.78 is 6.03. The fraction of sp³-hybridized carbons (Fsp3) is 1.00. The lowest BCUT2D eigenvalue weighted by Crippen LogP contribution is -2.44. The van der Waals surface area contributed by atoms with Crippen LogP contribution in [0.25, 0.3) is 0 Å². The Morgan fingerprint density at radius 3 is 2.06 bits per heavy atom. The van der Waals surface area contributed by atoms with E-state index in [0.29, 0.717) is 5.92 Å². The highest BCUT2D eigenvalue weighted by molar-refractivity contribution is 5.02. The molecular weight excluding hydrogens is 226 g/mol. The van der Waals surface area contributed by atoms with E-state index in [1.165, 1.54) is 0 Å². The first kappa shape index (κ1) is 15.9. The summed E-state index contributed by atoms with van der Waals surface area (Å²) >= 11 is 0. The fourth-order valence-corrected chi connectivity index (χ4v) is 3.13. The molecule has 1 aliphatic rings. The molecule has 0 bridgehead atoms. The molecule has 0 saturated carbocycles. The Bertz CT molecular complexity index is 274. The molecule has 0 amide bonds. The normalized spacial score (nSPS) is 30.3. The minimum Gasteiger partial charge on any atom is -0.390 e. The smallest absolute Gasteiger partial charge is 0.0896 e. The zero-order valence-electron chi connectivity index (χ0n) is 13.2. The summed E-state index contributed by atoms with van der Waals surface area (Å²) in [6.07, 6.45) is -0.395. The topological polar surface area (TPSA) is 32.7 Å². The van der Waals surface area contributed by atoms with E-state index in [2.05, 4.69) is 39.5 Å². The van der Waals surface area contributed by atoms with Crippen LogP contribution in [0.2, 0.25) is 0 Å². The SMILES string of the molecule is CCN(CC(C)C)CC1C(O)C(C)(C)OC1(C)C. The third-order valence-corrected chi connectivity index (χ3v) is 4.04. The van der Waals surface area contributed by atoms with Gasteiger partial charge in [-0.15, -0.1) is 0 Å². The first-order chi connectivity index (χ1) is 8.10. The number of hydrogen-bond acceptors (Lipinski definition) is 3. The zero-order valence-corrected chi connectivity index (χ0v) is 13.2. The van der Waals surface area contributed by atoms with Crippen molar-refractivity contribution in [2.45, 2.75) is 65.8 Å². The largest absolute Gasteiger partial charge is 0.390 e. The number of aliphatic hydroxyl groups is 1. The van der Waals surface area contributed by atoms with E-state index >= 15 is 0 Å². The Hall–Kier alpha value is -0.120. The van der Waals surface area contributed by atoms with Gasteiger partial charge in [-0.25, -0.2) is 0 Å². The van der Waals surface area contributed by atoms with Crippen molar-refractivity contribution >= 4 is 0 Å². The summed E-state index contributed by atoms with van der Waals surface area (Å²) in [5.74, 6) is 0.826. The standard InChI is InChI=1S/C15H31NO2/c1-8-16(9-11(2)3)10-12-13(17)15(6,7)18-14(12,4)5/h11-13,17H,8-10H2,1-7H3. The Labute approximate surface area is 113 Å². The minimum absolute atomic E-state index is 0.172. The average Bonchev–Trinajstić information content (AvgIpc) is 2.34. The van der Waals surface area contributed by atoms with E-state index in [9.17, 15) is 5.11 Å². The van der Waals surface area contributed by atoms with E-state index in [0.717, 1.165) is 19.6 Å². The highest BCUT2D eigenvalue weighted by atomic mass is 16.5. The number of hydrogen-bond donors (Lipinski definition) is 1. The maximum atomic E-state index is 10.5. The second-order valence-corrected chi connectivity index (χ2v) is 7.11. The summed E-state index contributed by atoms with van der Waals surface area (Å²) in [6, 6.07) is 0. The van der Waals surface area contributed by atoms with Crippen LogP contribution in [0.15, 0.2) is 0 Å². The lowest BCUT2D eigenvalue weighted by atomic mass is 9.84. The van der Waals surface area contributed by atoms with E-state index in [1.807, 2.05) is 13.8 Å². The molecule has 1 aliphatic heterocycles. The molecule has 1 saturated heterocycles. The van der Waals surface area contributed by atoms with Crippen molar-refractivity contribution in [1.29, 1.82) is 0 Å². The van der Waals surface area contributed by atoms with Gasteiger partial charge in [0.15, 0.2) is 0 Å². The van der Waals surface area contributed by atoms with Gasteiger partial charge in [0.2, 0.25) is 0 Å². The van der Waals surface area contributed by atoms with Crippen LogP contribution in [-0.4, -0.2) is 46.9 Å². The van der Waals surface area contributed by atoms with Crippen molar-refractivity contribution in [3.63, 3.8) is 0 Å². The minimum atomic E-state index is -0.439. The Morgan fingerprint density at radius 2 is 1.72 bits per heavy atom. The molecule has 1 heterocycles. The summed E-state index contributed by atoms with van der Waals surface area (Å²) in [5.41, 5.74) is -0.696. The molecule has 1 N–H and O–H groups in total. The van der Waals surface area contributed by atoms with Crippen LogP contribution < -0.4 is 0 Å². The third-order valence-electron chi connectivity index (χ3n) is 4.04. The van der Waals surface area contributed by atoms with Gasteiger partial charge in [-0.2, -0.15) is 0 Å². The summed E-state index contributed by atoms with van der Waals surface area (Å²) in [7, 11) is 0. The Balaban J connectivity index is 2.75. The van der Waals surface area contributed by atoms with E-state index in [-0.39, 0.29) is 11.5 Å². The van der Waals surface area contributed by atoms with Gasteiger partial charge in [-0.3, -0.25) is 0 Å². The summed E-state index contributed by atoms with van der Waals surface area (Å²) in [6.45, 7) is 17.8. The molecule has 0 aromatic heterocycles. The highest BCUT2D eigenvalue weighted by Crippen LogP contribution is 2.42. The molecule has 0 radical (unpaired) electrons. The third kappa shape index (κ3) is 3.46. The zero-order chi connectivity index (χ0) is 14.1. The molecule has 2 unspecified atom stereocenters. The summed E-state index contributed by atoms with van der Waals surface area (Å²) in [5, 5.41) is 10.5. The molecule has 18 heavy (non-hydrogen) atoms. The number of rotatable bonds is 5. The second-order valence-electron chi connectivity index (χ2n) is 7.11. The highest BCUT2D eigenvalue weighted by Gasteiger charge is 2.53. The second kappa shape index (κ2) is 5.48. The van der Waals surface area contributed by atoms with E-state index in [1.54, 1.807) is 0 Å². The molecule has 3 heteroatoms. The van der Waals surface area contributed by atoms with Crippen molar-refractivity contribution in [3.8, 4) is 0 Å². The van der Waals surface area contributed by atoms with Crippen molar-refractivity contribution in [2.24, 2.45) is 11.8 Å². The van der Waals surface area contributed by atoms with Gasteiger partial charge in [0.1, 0.15) is 0 Å². The van der Waals surface area contributed by atoms with Gasteiger partial charge in [0, 0.05) is 19.0 Å². The van der Waals surface area contributed by atoms with Gasteiger partial charge < -0.3 is 14.7 Å². The molecule has 0 spiro atoms. The van der Waals surface area contributed by atoms with Crippen molar-refractivity contribution < 1.29 is 9.84 Å². The van der Waals surface area contributed by atoms with Gasteiger partial charge in [-0.1, -0.05) is 20.8 Å². The molecule has 0 aliphatic carbocycles. The van der Waals surface area contributed by atoms with Gasteiger partial charge in [0.25, 0.3) is 0 Å². The maximum Gasteiger partial charge on any atom is 0.0896 e. The average molecular weight is 257 g/mol. The van der Waals surface area contributed by atoms with Gasteiger partial charge in [-0.05, 0) is 40.2 Å². The monoisotopic (exact) mass is 257 g/mol. The molecule has 3 nitrogen and oxygen atoms in total. The van der Waals surface area contributed by atoms with Crippen LogP contribution in [0.5, 0.6) is 0 Å². The predicted octanol–water partition coefficient (Wildman–Crippen LogP) is 2.53. The molecular formula is C15H31NO2. The van der Waals surface area contributed by atoms with E-state index in [4.69, 9.17) is 4.74 Å². The Morgan fingerprint density at radius 1 is 1.17 bits per heavy atom. The number of ether oxygens (including phenoxy) is 1. The fourth-order valence-electron chi connectivity index (χ4n) is 3.13. The van der Waals surface area contributed by atoms with Crippen LogP contribution in [0.1, 0.15) is 48.5 Å². The van der Waals surface area contributed by atoms with Crippen LogP contribution in [-0.2, 0) is 4.74 Å². The lowest BCUT2D eigenvalue weighted by Gasteiger charge is -2.33. The van der Waals surface area contributed by atoms with E-state index < -0.39 is 11.7 Å². The van der Waals surface area contributed by atoms with Crippen molar-refractivity contribution in [3.05, 3.63) is 0 Å². The molecule has 2 atom stereocenters. The van der Waals surface area contributed by atoms with Crippen LogP contribution in [0.3, 0.4) is 0 Å². The molecule has 0 aromatic rings. The van der Waals surface area contributed by atoms with Gasteiger partial charge >= 0.3 is 0 Å². The van der Waals surface area contributed by atoms with Crippen LogP contribution >= 0.6 is 0 Å². The maximum absolute atomic E-state index is 10.5. The predicted molar refractivity (Wildman–Crippen MR) is 75.7 cm³/mol. The molecule has 0 aromatic carbocycles. The molecule has 1 rings (SSSR count). The van der Waals surface area contributed by atoms with Crippen LogP contribution in [0, 0.1) is 11.8 Å². The Kier molecular flexibility index (Phi) is 4.85. The quantitative estimate of drug-likeness (QED) is 0.821. The molecule has 1 fully saturated rings. The first-order valence-electron chi connectivity index (χ1n) is 7.20. The van der Waals surface area contributed by atoms with Crippen LogP contribution in [0.4, 0.5) is 0 Å². The first-order valence-corrected chi connectivity index (χ1v) is 7.20. The number of nitrogens with zero attached hydrogens (tertiary/aromatic N) is 1. The van der Waals surface area contributed by atoms with Crippen molar-refractivity contribution in [2.75, 3.05) is 19.6 Å². The summed E-state index contributed by atoms with van der Waals surface area (Å²) in [4.78, 5) is 2.42.